The van der Waals surface area contributed by atoms with Gasteiger partial charge in [0.05, 0.1) is 11.7 Å². The van der Waals surface area contributed by atoms with Crippen molar-refractivity contribution < 1.29 is 14.3 Å². The van der Waals surface area contributed by atoms with Crippen molar-refractivity contribution in [2.24, 2.45) is 0 Å². The van der Waals surface area contributed by atoms with Crippen molar-refractivity contribution in [1.29, 1.82) is 0 Å². The molecule has 2 aromatic heterocycles. The summed E-state index contributed by atoms with van der Waals surface area (Å²) in [6, 6.07) is 17.0. The van der Waals surface area contributed by atoms with Gasteiger partial charge in [0.15, 0.2) is 11.5 Å². The van der Waals surface area contributed by atoms with Crippen molar-refractivity contribution in [3.05, 3.63) is 71.5 Å². The van der Waals surface area contributed by atoms with Gasteiger partial charge in [0, 0.05) is 17.8 Å². The van der Waals surface area contributed by atoms with Crippen LogP contribution in [0.3, 0.4) is 0 Å². The van der Waals surface area contributed by atoms with Crippen LogP contribution in [0.5, 0.6) is 11.5 Å². The Morgan fingerprint density at radius 3 is 2.61 bits per heavy atom. The molecule has 0 spiro atoms. The first-order chi connectivity index (χ1) is 15.2. The van der Waals surface area contributed by atoms with E-state index in [-0.39, 0.29) is 11.9 Å². The van der Waals surface area contributed by atoms with Gasteiger partial charge >= 0.3 is 0 Å². The Morgan fingerprint density at radius 1 is 1.00 bits per heavy atom. The van der Waals surface area contributed by atoms with E-state index in [0.29, 0.717) is 42.6 Å². The summed E-state index contributed by atoms with van der Waals surface area (Å²) in [5, 5.41) is 3.26. The molecule has 2 aliphatic heterocycles. The largest absolute Gasteiger partial charge is 0.486 e. The number of hydrogen-bond acceptors (Lipinski definition) is 6. The standard InChI is InChI=1S/C24H24N4O3/c1-16-5-2-8-22(25-16)27-23-9-3-6-18(26-23)19-7-4-12-28(19)24(29)17-10-11-20-21(15-17)31-14-13-30-20/h2-3,5-6,8-11,15,19H,4,7,12-14H2,1H3,(H,25,26,27). The Bertz CT molecular complexity index is 1120. The molecule has 31 heavy (non-hydrogen) atoms. The van der Waals surface area contributed by atoms with E-state index < -0.39 is 0 Å². The molecule has 1 unspecified atom stereocenters. The first kappa shape index (κ1) is 19.4. The van der Waals surface area contributed by atoms with Crippen LogP contribution in [0.1, 0.15) is 40.6 Å². The van der Waals surface area contributed by atoms with Crippen molar-refractivity contribution in [2.45, 2.75) is 25.8 Å². The zero-order chi connectivity index (χ0) is 21.2. The lowest BCUT2D eigenvalue weighted by Crippen LogP contribution is -2.31. The number of hydrogen-bond donors (Lipinski definition) is 1. The maximum Gasteiger partial charge on any atom is 0.254 e. The van der Waals surface area contributed by atoms with Crippen LogP contribution in [-0.2, 0) is 0 Å². The number of aromatic nitrogens is 2. The second-order valence-electron chi connectivity index (χ2n) is 7.75. The van der Waals surface area contributed by atoms with Crippen LogP contribution in [0, 0.1) is 6.92 Å². The Labute approximate surface area is 181 Å². The normalized spacial score (nSPS) is 17.5. The number of fused-ring (bicyclic) bond motifs is 1. The lowest BCUT2D eigenvalue weighted by atomic mass is 10.1. The molecule has 0 saturated carbocycles. The van der Waals surface area contributed by atoms with E-state index in [1.165, 1.54) is 0 Å². The zero-order valence-corrected chi connectivity index (χ0v) is 17.4. The van der Waals surface area contributed by atoms with E-state index in [1.807, 2.05) is 54.3 Å². The van der Waals surface area contributed by atoms with Gasteiger partial charge in [0.2, 0.25) is 0 Å². The summed E-state index contributed by atoms with van der Waals surface area (Å²) in [7, 11) is 0. The summed E-state index contributed by atoms with van der Waals surface area (Å²) < 4.78 is 11.2. The number of benzene rings is 1. The van der Waals surface area contributed by atoms with Crippen molar-refractivity contribution in [2.75, 3.05) is 25.1 Å². The van der Waals surface area contributed by atoms with Gasteiger partial charge in [-0.15, -0.1) is 0 Å². The summed E-state index contributed by atoms with van der Waals surface area (Å²) in [6.07, 6.45) is 1.83. The second kappa shape index (κ2) is 8.26. The molecular weight excluding hydrogens is 392 g/mol. The minimum absolute atomic E-state index is 0.0139. The fourth-order valence-corrected chi connectivity index (χ4v) is 4.11. The molecule has 3 aromatic rings. The Hall–Kier alpha value is -3.61. The number of anilines is 2. The van der Waals surface area contributed by atoms with Gasteiger partial charge < -0.3 is 19.7 Å². The lowest BCUT2D eigenvalue weighted by molar-refractivity contribution is 0.0732. The molecule has 4 heterocycles. The van der Waals surface area contributed by atoms with Gasteiger partial charge in [0.1, 0.15) is 24.8 Å². The Morgan fingerprint density at radius 2 is 1.77 bits per heavy atom. The van der Waals surface area contributed by atoms with Crippen LogP contribution < -0.4 is 14.8 Å². The van der Waals surface area contributed by atoms with E-state index in [9.17, 15) is 4.79 Å². The molecule has 158 valence electrons. The predicted molar refractivity (Wildman–Crippen MR) is 117 cm³/mol. The quantitative estimate of drug-likeness (QED) is 0.684. The predicted octanol–water partition coefficient (Wildman–Crippen LogP) is 4.28. The molecule has 1 amide bonds. The van der Waals surface area contributed by atoms with E-state index in [1.54, 1.807) is 12.1 Å². The summed E-state index contributed by atoms with van der Waals surface area (Å²) in [5.41, 5.74) is 2.42. The maximum atomic E-state index is 13.3. The minimum Gasteiger partial charge on any atom is -0.486 e. The van der Waals surface area contributed by atoms with E-state index in [0.717, 1.165) is 30.0 Å². The number of amides is 1. The summed E-state index contributed by atoms with van der Waals surface area (Å²) >= 11 is 0. The van der Waals surface area contributed by atoms with Crippen molar-refractivity contribution >= 4 is 17.5 Å². The topological polar surface area (TPSA) is 76.6 Å². The average Bonchev–Trinajstić information content (AvgIpc) is 3.28. The highest BCUT2D eigenvalue weighted by Gasteiger charge is 2.32. The Kier molecular flexibility index (Phi) is 5.16. The third-order valence-electron chi connectivity index (χ3n) is 5.56. The van der Waals surface area contributed by atoms with Gasteiger partial charge in [-0.05, 0) is 62.2 Å². The molecule has 0 aliphatic carbocycles. The maximum absolute atomic E-state index is 13.3. The zero-order valence-electron chi connectivity index (χ0n) is 17.4. The van der Waals surface area contributed by atoms with Gasteiger partial charge in [-0.3, -0.25) is 4.79 Å². The van der Waals surface area contributed by atoms with Crippen LogP contribution >= 0.6 is 0 Å². The van der Waals surface area contributed by atoms with Crippen molar-refractivity contribution in [1.82, 2.24) is 14.9 Å². The summed E-state index contributed by atoms with van der Waals surface area (Å²) in [6.45, 7) is 3.69. The van der Waals surface area contributed by atoms with E-state index in [4.69, 9.17) is 14.5 Å². The number of nitrogens with zero attached hydrogens (tertiary/aromatic N) is 3. The molecule has 1 fully saturated rings. The summed E-state index contributed by atoms with van der Waals surface area (Å²) in [4.78, 5) is 24.5. The van der Waals surface area contributed by atoms with Crippen molar-refractivity contribution in [3.63, 3.8) is 0 Å². The van der Waals surface area contributed by atoms with Gasteiger partial charge in [-0.1, -0.05) is 12.1 Å². The molecule has 7 heteroatoms. The van der Waals surface area contributed by atoms with Gasteiger partial charge in [0.25, 0.3) is 5.91 Å². The number of ether oxygens (including phenoxy) is 2. The molecule has 2 aliphatic rings. The highest BCUT2D eigenvalue weighted by atomic mass is 16.6. The van der Waals surface area contributed by atoms with Crippen molar-refractivity contribution in [3.8, 4) is 11.5 Å². The fourth-order valence-electron chi connectivity index (χ4n) is 4.11. The highest BCUT2D eigenvalue weighted by Crippen LogP contribution is 2.35. The molecule has 0 bridgehead atoms. The first-order valence-electron chi connectivity index (χ1n) is 10.6. The molecule has 5 rings (SSSR count). The van der Waals surface area contributed by atoms with Gasteiger partial charge in [-0.2, -0.15) is 0 Å². The number of rotatable bonds is 4. The minimum atomic E-state index is -0.0621. The van der Waals surface area contributed by atoms with Gasteiger partial charge in [-0.25, -0.2) is 9.97 Å². The number of nitrogens with one attached hydrogen (secondary N) is 1. The average molecular weight is 416 g/mol. The van der Waals surface area contributed by atoms with E-state index >= 15 is 0 Å². The third-order valence-corrected chi connectivity index (χ3v) is 5.56. The third kappa shape index (κ3) is 4.03. The molecule has 0 radical (unpaired) electrons. The molecule has 1 atom stereocenters. The molecular formula is C24H24N4O3. The van der Waals surface area contributed by atoms with Crippen LogP contribution in [0.15, 0.2) is 54.6 Å². The fraction of sp³-hybridized carbons (Fsp3) is 0.292. The van der Waals surface area contributed by atoms with Crippen LogP contribution in [0.2, 0.25) is 0 Å². The molecule has 1 N–H and O–H groups in total. The SMILES string of the molecule is Cc1cccc(Nc2cccc(C3CCCN3C(=O)c3ccc4c(c3)OCCO4)n2)n1. The number of pyridine rings is 2. The second-order valence-corrected chi connectivity index (χ2v) is 7.75. The molecule has 1 saturated heterocycles. The number of carbonyl (C=O) groups is 1. The lowest BCUT2D eigenvalue weighted by Gasteiger charge is -2.25. The first-order valence-corrected chi connectivity index (χ1v) is 10.6. The highest BCUT2D eigenvalue weighted by molar-refractivity contribution is 5.95. The van der Waals surface area contributed by atoms with Crippen LogP contribution in [-0.4, -0.2) is 40.5 Å². The number of aryl methyl sites for hydroxylation is 1. The van der Waals surface area contributed by atoms with Crippen LogP contribution in [0.4, 0.5) is 11.6 Å². The summed E-state index contributed by atoms with van der Waals surface area (Å²) in [5.74, 6) is 2.77. The number of likely N-dealkylation sites (tertiary alicyclic amines) is 1. The van der Waals surface area contributed by atoms with Crippen LogP contribution in [0.25, 0.3) is 0 Å². The molecule has 1 aromatic carbocycles. The molecule has 7 nitrogen and oxygen atoms in total. The number of carbonyl (C=O) groups excluding carboxylic acids is 1. The van der Waals surface area contributed by atoms with E-state index in [2.05, 4.69) is 10.3 Å². The smallest absolute Gasteiger partial charge is 0.254 e. The monoisotopic (exact) mass is 416 g/mol. The Balaban J connectivity index is 1.37.